The molecular weight excluding hydrogens is 216 g/mol. The second-order valence-electron chi connectivity index (χ2n) is 4.14. The maximum atomic E-state index is 10.6. The Labute approximate surface area is 101 Å². The van der Waals surface area contributed by atoms with Crippen molar-refractivity contribution in [2.45, 2.75) is 19.9 Å². The first-order valence-electron chi connectivity index (χ1n) is 5.96. The third-order valence-corrected chi connectivity index (χ3v) is 2.87. The second-order valence-corrected chi connectivity index (χ2v) is 4.14. The van der Waals surface area contributed by atoms with Gasteiger partial charge in [-0.2, -0.15) is 0 Å². The summed E-state index contributed by atoms with van der Waals surface area (Å²) in [5.74, 6) is -0.233. The Bertz CT molecular complexity index is 404. The van der Waals surface area contributed by atoms with E-state index in [0.717, 1.165) is 25.2 Å². The zero-order valence-corrected chi connectivity index (χ0v) is 10.1. The van der Waals surface area contributed by atoms with Gasteiger partial charge in [-0.15, -0.1) is 0 Å². The number of carbonyl (C=O) groups excluding carboxylic acids is 1. The zero-order chi connectivity index (χ0) is 12.1. The predicted molar refractivity (Wildman–Crippen MR) is 67.0 cm³/mol. The van der Waals surface area contributed by atoms with Gasteiger partial charge in [-0.05, 0) is 30.2 Å². The largest absolute Gasteiger partial charge is 0.464 e. The SMILES string of the molecule is CC(=O)OCCNc1cccc2c1CNCC2. The molecule has 1 aliphatic heterocycles. The zero-order valence-electron chi connectivity index (χ0n) is 10.1. The molecule has 4 nitrogen and oxygen atoms in total. The molecule has 0 fully saturated rings. The number of ether oxygens (including phenoxy) is 1. The van der Waals surface area contributed by atoms with Crippen LogP contribution in [-0.2, 0) is 22.5 Å². The number of benzene rings is 1. The van der Waals surface area contributed by atoms with Crippen LogP contribution in [0.2, 0.25) is 0 Å². The maximum Gasteiger partial charge on any atom is 0.302 e. The fourth-order valence-electron chi connectivity index (χ4n) is 2.06. The highest BCUT2D eigenvalue weighted by Crippen LogP contribution is 2.22. The van der Waals surface area contributed by atoms with Gasteiger partial charge in [0.1, 0.15) is 6.61 Å². The highest BCUT2D eigenvalue weighted by atomic mass is 16.5. The molecule has 0 unspecified atom stereocenters. The first-order valence-corrected chi connectivity index (χ1v) is 5.96. The molecule has 0 radical (unpaired) electrons. The van der Waals surface area contributed by atoms with Gasteiger partial charge in [0.25, 0.3) is 0 Å². The number of fused-ring (bicyclic) bond motifs is 1. The molecular formula is C13H18N2O2. The molecule has 0 aliphatic carbocycles. The summed E-state index contributed by atoms with van der Waals surface area (Å²) in [6.07, 6.45) is 1.08. The number of carbonyl (C=O) groups is 1. The smallest absolute Gasteiger partial charge is 0.302 e. The van der Waals surface area contributed by atoms with Gasteiger partial charge in [-0.3, -0.25) is 4.79 Å². The third kappa shape index (κ3) is 3.20. The summed E-state index contributed by atoms with van der Waals surface area (Å²) >= 11 is 0. The monoisotopic (exact) mass is 234 g/mol. The van der Waals surface area contributed by atoms with Crippen LogP contribution in [0.25, 0.3) is 0 Å². The van der Waals surface area contributed by atoms with E-state index < -0.39 is 0 Å². The Kier molecular flexibility index (Phi) is 3.98. The number of anilines is 1. The lowest BCUT2D eigenvalue weighted by molar-refractivity contribution is -0.140. The molecule has 17 heavy (non-hydrogen) atoms. The normalized spacial score (nSPS) is 13.9. The average Bonchev–Trinajstić information content (AvgIpc) is 2.34. The van der Waals surface area contributed by atoms with Gasteiger partial charge in [-0.1, -0.05) is 12.1 Å². The first-order chi connectivity index (χ1) is 8.27. The van der Waals surface area contributed by atoms with Gasteiger partial charge in [0.15, 0.2) is 0 Å². The maximum absolute atomic E-state index is 10.6. The van der Waals surface area contributed by atoms with Crippen molar-refractivity contribution < 1.29 is 9.53 Å². The minimum Gasteiger partial charge on any atom is -0.464 e. The third-order valence-electron chi connectivity index (χ3n) is 2.87. The van der Waals surface area contributed by atoms with Crippen molar-refractivity contribution in [3.05, 3.63) is 29.3 Å². The number of hydrogen-bond donors (Lipinski definition) is 2. The highest BCUT2D eigenvalue weighted by molar-refractivity contribution is 5.66. The summed E-state index contributed by atoms with van der Waals surface area (Å²) in [5, 5.41) is 6.68. The molecule has 2 N–H and O–H groups in total. The van der Waals surface area contributed by atoms with Crippen molar-refractivity contribution in [3.63, 3.8) is 0 Å². The number of rotatable bonds is 4. The van der Waals surface area contributed by atoms with Gasteiger partial charge in [0.05, 0.1) is 0 Å². The van der Waals surface area contributed by atoms with Crippen LogP contribution in [0.5, 0.6) is 0 Å². The molecule has 0 atom stereocenters. The lowest BCUT2D eigenvalue weighted by Gasteiger charge is -2.21. The number of esters is 1. The van der Waals surface area contributed by atoms with Gasteiger partial charge in [0.2, 0.25) is 0 Å². The molecule has 4 heteroatoms. The average molecular weight is 234 g/mol. The van der Waals surface area contributed by atoms with E-state index in [1.54, 1.807) is 0 Å². The molecule has 1 aliphatic rings. The number of hydrogen-bond acceptors (Lipinski definition) is 4. The molecule has 0 saturated heterocycles. The van der Waals surface area contributed by atoms with Gasteiger partial charge in [-0.25, -0.2) is 0 Å². The van der Waals surface area contributed by atoms with E-state index in [4.69, 9.17) is 4.74 Å². The van der Waals surface area contributed by atoms with E-state index in [2.05, 4.69) is 28.8 Å². The lowest BCUT2D eigenvalue weighted by atomic mass is 9.99. The molecule has 0 amide bonds. The van der Waals surface area contributed by atoms with E-state index in [1.165, 1.54) is 18.1 Å². The van der Waals surface area contributed by atoms with E-state index in [1.807, 2.05) is 0 Å². The Morgan fingerprint density at radius 1 is 1.53 bits per heavy atom. The Hall–Kier alpha value is -1.55. The summed E-state index contributed by atoms with van der Waals surface area (Å²) in [4.78, 5) is 10.6. The number of nitrogens with one attached hydrogen (secondary N) is 2. The fourth-order valence-corrected chi connectivity index (χ4v) is 2.06. The van der Waals surface area contributed by atoms with Crippen LogP contribution < -0.4 is 10.6 Å². The van der Waals surface area contributed by atoms with Crippen LogP contribution in [0.3, 0.4) is 0 Å². The van der Waals surface area contributed by atoms with Crippen LogP contribution >= 0.6 is 0 Å². The molecule has 1 aromatic carbocycles. The minimum absolute atomic E-state index is 0.233. The van der Waals surface area contributed by atoms with Crippen LogP contribution in [0.1, 0.15) is 18.1 Å². The van der Waals surface area contributed by atoms with Crippen LogP contribution in [-0.4, -0.2) is 25.7 Å². The predicted octanol–water partition coefficient (Wildman–Crippen LogP) is 1.31. The van der Waals surface area contributed by atoms with Crippen molar-refractivity contribution in [1.29, 1.82) is 0 Å². The van der Waals surface area contributed by atoms with Crippen molar-refractivity contribution in [2.75, 3.05) is 25.0 Å². The molecule has 1 heterocycles. The van der Waals surface area contributed by atoms with Crippen LogP contribution in [0.4, 0.5) is 5.69 Å². The van der Waals surface area contributed by atoms with Crippen LogP contribution in [0, 0.1) is 0 Å². The van der Waals surface area contributed by atoms with Crippen molar-refractivity contribution in [3.8, 4) is 0 Å². The van der Waals surface area contributed by atoms with E-state index in [-0.39, 0.29) is 5.97 Å². The topological polar surface area (TPSA) is 50.4 Å². The molecule has 2 rings (SSSR count). The van der Waals surface area contributed by atoms with Gasteiger partial charge < -0.3 is 15.4 Å². The summed E-state index contributed by atoms with van der Waals surface area (Å²) in [6, 6.07) is 6.31. The van der Waals surface area contributed by atoms with Crippen molar-refractivity contribution >= 4 is 11.7 Å². The van der Waals surface area contributed by atoms with Crippen LogP contribution in [0.15, 0.2) is 18.2 Å². The Morgan fingerprint density at radius 2 is 2.41 bits per heavy atom. The summed E-state index contributed by atoms with van der Waals surface area (Å²) < 4.78 is 4.89. The van der Waals surface area contributed by atoms with E-state index in [0.29, 0.717) is 13.2 Å². The van der Waals surface area contributed by atoms with E-state index >= 15 is 0 Å². The molecule has 0 saturated carbocycles. The first kappa shape index (κ1) is 11.9. The lowest BCUT2D eigenvalue weighted by Crippen LogP contribution is -2.25. The minimum atomic E-state index is -0.233. The molecule has 0 spiro atoms. The Balaban J connectivity index is 1.94. The fraction of sp³-hybridized carbons (Fsp3) is 0.462. The summed E-state index contributed by atoms with van der Waals surface area (Å²) in [6.45, 7) is 4.44. The summed E-state index contributed by atoms with van der Waals surface area (Å²) in [5.41, 5.74) is 3.88. The molecule has 0 bridgehead atoms. The molecule has 92 valence electrons. The molecule has 1 aromatic rings. The molecule has 0 aromatic heterocycles. The second kappa shape index (κ2) is 5.68. The Morgan fingerprint density at radius 3 is 3.24 bits per heavy atom. The van der Waals surface area contributed by atoms with Gasteiger partial charge >= 0.3 is 5.97 Å². The standard InChI is InChI=1S/C13H18N2O2/c1-10(16)17-8-7-15-13-4-2-3-11-5-6-14-9-12(11)13/h2-4,14-15H,5-9H2,1H3. The van der Waals surface area contributed by atoms with Gasteiger partial charge in [0, 0.05) is 25.7 Å². The highest BCUT2D eigenvalue weighted by Gasteiger charge is 2.11. The quantitative estimate of drug-likeness (QED) is 0.609. The van der Waals surface area contributed by atoms with Crippen molar-refractivity contribution in [1.82, 2.24) is 5.32 Å². The summed E-state index contributed by atoms with van der Waals surface area (Å²) in [7, 11) is 0. The van der Waals surface area contributed by atoms with Crippen molar-refractivity contribution in [2.24, 2.45) is 0 Å². The van der Waals surface area contributed by atoms with E-state index in [9.17, 15) is 4.79 Å².